The van der Waals surface area contributed by atoms with Crippen molar-refractivity contribution >= 4 is 5.69 Å². The molecule has 0 amide bonds. The summed E-state index contributed by atoms with van der Waals surface area (Å²) in [6.45, 7) is 3.68. The molecular weight excluding hydrogens is 200 g/mol. The van der Waals surface area contributed by atoms with E-state index in [1.807, 2.05) is 32.2 Å². The zero-order valence-electron chi connectivity index (χ0n) is 10.2. The third-order valence-corrected chi connectivity index (χ3v) is 2.58. The molecule has 3 heteroatoms. The Hall–Kier alpha value is -1.53. The molecule has 3 nitrogen and oxygen atoms in total. The number of aryl methyl sites for hydroxylation is 1. The topological polar surface area (TPSA) is 36.3 Å². The van der Waals surface area contributed by atoms with Crippen LogP contribution in [-0.2, 0) is 4.74 Å². The van der Waals surface area contributed by atoms with Gasteiger partial charge >= 0.3 is 0 Å². The lowest BCUT2D eigenvalue weighted by Gasteiger charge is -2.22. The molecule has 0 aliphatic carbocycles. The summed E-state index contributed by atoms with van der Waals surface area (Å²) in [7, 11) is 3.72. The Morgan fingerprint density at radius 2 is 2.19 bits per heavy atom. The molecule has 0 bridgehead atoms. The van der Waals surface area contributed by atoms with Crippen molar-refractivity contribution in [1.82, 2.24) is 0 Å². The summed E-state index contributed by atoms with van der Waals surface area (Å²) < 4.78 is 5.02. The average molecular weight is 218 g/mol. The quantitative estimate of drug-likeness (QED) is 0.712. The number of nitrogens with zero attached hydrogens (tertiary/aromatic N) is 2. The van der Waals surface area contributed by atoms with Crippen LogP contribution in [0.25, 0.3) is 0 Å². The second kappa shape index (κ2) is 6.14. The van der Waals surface area contributed by atoms with Gasteiger partial charge in [0.25, 0.3) is 0 Å². The van der Waals surface area contributed by atoms with Crippen molar-refractivity contribution in [2.75, 3.05) is 32.2 Å². The van der Waals surface area contributed by atoms with Crippen LogP contribution >= 0.6 is 0 Å². The van der Waals surface area contributed by atoms with Crippen LogP contribution < -0.4 is 4.90 Å². The minimum atomic E-state index is 0.736. The van der Waals surface area contributed by atoms with E-state index in [0.29, 0.717) is 0 Å². The second-order valence-electron chi connectivity index (χ2n) is 3.85. The van der Waals surface area contributed by atoms with Crippen molar-refractivity contribution in [2.24, 2.45) is 0 Å². The Labute approximate surface area is 97.3 Å². The first-order valence-corrected chi connectivity index (χ1v) is 5.40. The first-order valence-electron chi connectivity index (χ1n) is 5.40. The smallest absolute Gasteiger partial charge is 0.101 e. The molecule has 0 unspecified atom stereocenters. The molecule has 0 spiro atoms. The highest BCUT2D eigenvalue weighted by Crippen LogP contribution is 2.23. The molecule has 1 aromatic carbocycles. The van der Waals surface area contributed by atoms with Gasteiger partial charge in [0.15, 0.2) is 0 Å². The summed E-state index contributed by atoms with van der Waals surface area (Å²) in [6, 6.07) is 8.04. The molecule has 1 rings (SSSR count). The van der Waals surface area contributed by atoms with Crippen molar-refractivity contribution in [3.05, 3.63) is 29.3 Å². The van der Waals surface area contributed by atoms with Gasteiger partial charge in [0.1, 0.15) is 6.07 Å². The van der Waals surface area contributed by atoms with Gasteiger partial charge in [-0.1, -0.05) is 12.1 Å². The Bertz CT molecular complexity index is 382. The average Bonchev–Trinajstić information content (AvgIpc) is 2.28. The van der Waals surface area contributed by atoms with Gasteiger partial charge in [0.2, 0.25) is 0 Å². The monoisotopic (exact) mass is 218 g/mol. The van der Waals surface area contributed by atoms with Crippen molar-refractivity contribution in [1.29, 1.82) is 5.26 Å². The number of para-hydroxylation sites is 1. The van der Waals surface area contributed by atoms with Gasteiger partial charge < -0.3 is 9.64 Å². The Morgan fingerprint density at radius 3 is 2.81 bits per heavy atom. The lowest BCUT2D eigenvalue weighted by molar-refractivity contribution is 0.196. The molecule has 0 atom stereocenters. The highest BCUT2D eigenvalue weighted by Gasteiger charge is 2.09. The maximum Gasteiger partial charge on any atom is 0.101 e. The molecule has 16 heavy (non-hydrogen) atoms. The van der Waals surface area contributed by atoms with E-state index in [4.69, 9.17) is 10.00 Å². The summed E-state index contributed by atoms with van der Waals surface area (Å²) >= 11 is 0. The fourth-order valence-corrected chi connectivity index (χ4v) is 1.81. The molecular formula is C13H18N2O. The number of hydrogen-bond acceptors (Lipinski definition) is 3. The second-order valence-corrected chi connectivity index (χ2v) is 3.85. The van der Waals surface area contributed by atoms with Crippen LogP contribution in [0.4, 0.5) is 5.69 Å². The predicted molar refractivity (Wildman–Crippen MR) is 65.7 cm³/mol. The Morgan fingerprint density at radius 1 is 1.44 bits per heavy atom. The first-order chi connectivity index (χ1) is 7.70. The molecule has 0 N–H and O–H groups in total. The highest BCUT2D eigenvalue weighted by molar-refractivity contribution is 5.63. The van der Waals surface area contributed by atoms with E-state index in [1.165, 1.54) is 0 Å². The van der Waals surface area contributed by atoms with E-state index >= 15 is 0 Å². The summed E-state index contributed by atoms with van der Waals surface area (Å²) in [5.74, 6) is 0. The lowest BCUT2D eigenvalue weighted by Crippen LogP contribution is -2.21. The van der Waals surface area contributed by atoms with E-state index in [-0.39, 0.29) is 0 Å². The zero-order valence-corrected chi connectivity index (χ0v) is 10.2. The largest absolute Gasteiger partial charge is 0.385 e. The maximum absolute atomic E-state index is 9.06. The number of nitriles is 1. The number of methoxy groups -OCH3 is 1. The normalized spacial score (nSPS) is 9.88. The van der Waals surface area contributed by atoms with E-state index in [0.717, 1.165) is 36.4 Å². The Kier molecular flexibility index (Phi) is 4.81. The van der Waals surface area contributed by atoms with Crippen molar-refractivity contribution in [3.63, 3.8) is 0 Å². The van der Waals surface area contributed by atoms with Crippen LogP contribution in [0.2, 0.25) is 0 Å². The highest BCUT2D eigenvalue weighted by atomic mass is 16.5. The molecule has 0 radical (unpaired) electrons. The first kappa shape index (κ1) is 12.5. The minimum Gasteiger partial charge on any atom is -0.385 e. The van der Waals surface area contributed by atoms with Crippen LogP contribution in [0.1, 0.15) is 17.5 Å². The third-order valence-electron chi connectivity index (χ3n) is 2.58. The van der Waals surface area contributed by atoms with E-state index < -0.39 is 0 Å². The number of anilines is 1. The van der Waals surface area contributed by atoms with Gasteiger partial charge in [-0.05, 0) is 25.0 Å². The number of benzene rings is 1. The van der Waals surface area contributed by atoms with Gasteiger partial charge in [-0.25, -0.2) is 0 Å². The van der Waals surface area contributed by atoms with Gasteiger partial charge in [-0.3, -0.25) is 0 Å². The number of ether oxygens (including phenoxy) is 1. The maximum atomic E-state index is 9.06. The van der Waals surface area contributed by atoms with Crippen molar-refractivity contribution < 1.29 is 4.74 Å². The molecule has 0 aliphatic heterocycles. The van der Waals surface area contributed by atoms with Crippen LogP contribution in [0.5, 0.6) is 0 Å². The van der Waals surface area contributed by atoms with E-state index in [9.17, 15) is 0 Å². The van der Waals surface area contributed by atoms with Gasteiger partial charge in [0, 0.05) is 27.3 Å². The van der Waals surface area contributed by atoms with Gasteiger partial charge in [-0.2, -0.15) is 5.26 Å². The summed E-state index contributed by atoms with van der Waals surface area (Å²) in [6.07, 6.45) is 0.964. The van der Waals surface area contributed by atoms with E-state index in [1.54, 1.807) is 7.11 Å². The summed E-state index contributed by atoms with van der Waals surface area (Å²) in [4.78, 5) is 2.12. The third kappa shape index (κ3) is 2.98. The van der Waals surface area contributed by atoms with Crippen LogP contribution in [0.15, 0.2) is 18.2 Å². The zero-order chi connectivity index (χ0) is 12.0. The molecule has 0 saturated heterocycles. The fourth-order valence-electron chi connectivity index (χ4n) is 1.81. The Balaban J connectivity index is 2.82. The minimum absolute atomic E-state index is 0.736. The van der Waals surface area contributed by atoms with Crippen LogP contribution in [-0.4, -0.2) is 27.3 Å². The molecule has 0 heterocycles. The molecule has 0 fully saturated rings. The molecule has 1 aromatic rings. The van der Waals surface area contributed by atoms with Crippen LogP contribution in [0.3, 0.4) is 0 Å². The predicted octanol–water partition coefficient (Wildman–Crippen LogP) is 2.34. The van der Waals surface area contributed by atoms with Crippen molar-refractivity contribution in [2.45, 2.75) is 13.3 Å². The van der Waals surface area contributed by atoms with Gasteiger partial charge in [-0.15, -0.1) is 0 Å². The molecule has 86 valence electrons. The molecule has 0 aliphatic rings. The number of hydrogen-bond donors (Lipinski definition) is 0. The van der Waals surface area contributed by atoms with E-state index in [2.05, 4.69) is 11.0 Å². The van der Waals surface area contributed by atoms with Gasteiger partial charge in [0.05, 0.1) is 11.3 Å². The fraction of sp³-hybridized carbons (Fsp3) is 0.462. The number of rotatable bonds is 5. The van der Waals surface area contributed by atoms with Crippen LogP contribution in [0, 0.1) is 18.3 Å². The van der Waals surface area contributed by atoms with Crippen molar-refractivity contribution in [3.8, 4) is 6.07 Å². The molecule has 0 aromatic heterocycles. The molecule has 0 saturated carbocycles. The standard InChI is InChI=1S/C13H18N2O/c1-11-6-4-7-12(10-14)13(11)15(2)8-5-9-16-3/h4,6-7H,5,8-9H2,1-3H3. The summed E-state index contributed by atoms with van der Waals surface area (Å²) in [5.41, 5.74) is 2.90. The lowest BCUT2D eigenvalue weighted by atomic mass is 10.1. The summed E-state index contributed by atoms with van der Waals surface area (Å²) in [5, 5.41) is 9.06. The SMILES string of the molecule is COCCCN(C)c1c(C)cccc1C#N.